The highest BCUT2D eigenvalue weighted by atomic mass is 19.4. The molecule has 0 aromatic heterocycles. The number of hydrogen-bond acceptors (Lipinski definition) is 2. The van der Waals surface area contributed by atoms with Crippen LogP contribution in [0.1, 0.15) is 39.2 Å². The lowest BCUT2D eigenvalue weighted by molar-refractivity contribution is -0.137. The lowest BCUT2D eigenvalue weighted by atomic mass is 10.1. The number of anilines is 1. The molecule has 0 saturated carbocycles. The van der Waals surface area contributed by atoms with Gasteiger partial charge >= 0.3 is 6.18 Å². The van der Waals surface area contributed by atoms with E-state index in [1.807, 2.05) is 13.8 Å². The molecule has 1 aromatic rings. The molecule has 0 fully saturated rings. The average Bonchev–Trinajstić information content (AvgIpc) is 2.49. The highest BCUT2D eigenvalue weighted by Gasteiger charge is 2.33. The first kappa shape index (κ1) is 20.0. The molecule has 0 unspecified atom stereocenters. The number of rotatable bonds is 7. The van der Waals surface area contributed by atoms with Crippen molar-refractivity contribution in [3.8, 4) is 0 Å². The molecule has 0 aliphatic rings. The lowest BCUT2D eigenvalue weighted by Gasteiger charge is -2.21. The average molecular weight is 344 g/mol. The molecule has 0 saturated heterocycles. The molecule has 1 rings (SSSR count). The number of halogens is 3. The molecule has 7 heteroatoms. The molecule has 0 spiro atoms. The maximum atomic E-state index is 12.9. The summed E-state index contributed by atoms with van der Waals surface area (Å²) in [5.41, 5.74) is -1.21. The summed E-state index contributed by atoms with van der Waals surface area (Å²) in [6.07, 6.45) is -3.53. The van der Waals surface area contributed by atoms with Gasteiger partial charge in [-0.15, -0.1) is 0 Å². The van der Waals surface area contributed by atoms with Gasteiger partial charge in [0.1, 0.15) is 0 Å². The van der Waals surface area contributed by atoms with Gasteiger partial charge in [0.2, 0.25) is 11.8 Å². The predicted octanol–water partition coefficient (Wildman–Crippen LogP) is 3.93. The molecule has 0 aliphatic heterocycles. The highest BCUT2D eigenvalue weighted by molar-refractivity contribution is 5.95. The number of amides is 2. The molecule has 0 bridgehead atoms. The number of nitrogens with one attached hydrogen (secondary N) is 1. The Balaban J connectivity index is 2.73. The van der Waals surface area contributed by atoms with E-state index >= 15 is 0 Å². The van der Waals surface area contributed by atoms with E-state index in [-0.39, 0.29) is 18.1 Å². The van der Waals surface area contributed by atoms with Crippen LogP contribution in [0.3, 0.4) is 0 Å². The molecule has 24 heavy (non-hydrogen) atoms. The third-order valence-electron chi connectivity index (χ3n) is 3.51. The van der Waals surface area contributed by atoms with Crippen LogP contribution >= 0.6 is 0 Å². The van der Waals surface area contributed by atoms with Crippen molar-refractivity contribution in [3.63, 3.8) is 0 Å². The molecule has 0 radical (unpaired) electrons. The highest BCUT2D eigenvalue weighted by Crippen LogP contribution is 2.34. The van der Waals surface area contributed by atoms with E-state index in [0.29, 0.717) is 25.3 Å². The van der Waals surface area contributed by atoms with Crippen LogP contribution < -0.4 is 5.32 Å². The molecule has 0 atom stereocenters. The third-order valence-corrected chi connectivity index (χ3v) is 3.51. The van der Waals surface area contributed by atoms with Gasteiger partial charge in [-0.25, -0.2) is 0 Å². The number of hydrogen-bond donors (Lipinski definition) is 1. The number of nitrogens with zero attached hydrogens (tertiary/aromatic N) is 1. The number of likely N-dealkylation sites (N-methyl/N-ethyl adjacent to an activating group) is 1. The maximum absolute atomic E-state index is 12.9. The van der Waals surface area contributed by atoms with E-state index in [1.54, 1.807) is 6.92 Å². The zero-order valence-corrected chi connectivity index (χ0v) is 14.1. The van der Waals surface area contributed by atoms with Crippen molar-refractivity contribution in [2.24, 2.45) is 5.92 Å². The van der Waals surface area contributed by atoms with Gasteiger partial charge in [0.15, 0.2) is 0 Å². The van der Waals surface area contributed by atoms with Crippen molar-refractivity contribution in [2.45, 2.75) is 39.8 Å². The minimum absolute atomic E-state index is 0.176. The number of carbonyl (C=O) groups is 2. The Kier molecular flexibility index (Phi) is 7.25. The van der Waals surface area contributed by atoms with Crippen LogP contribution in [0, 0.1) is 5.92 Å². The largest absolute Gasteiger partial charge is 0.418 e. The minimum Gasteiger partial charge on any atom is -0.334 e. The Labute approximate surface area is 140 Å². The van der Waals surface area contributed by atoms with Crippen LogP contribution in [0.2, 0.25) is 0 Å². The van der Waals surface area contributed by atoms with E-state index < -0.39 is 17.6 Å². The Hall–Kier alpha value is -2.05. The Morgan fingerprint density at radius 2 is 1.83 bits per heavy atom. The normalized spacial score (nSPS) is 11.5. The van der Waals surface area contributed by atoms with Crippen molar-refractivity contribution in [1.82, 2.24) is 4.90 Å². The van der Waals surface area contributed by atoms with Gasteiger partial charge in [-0.1, -0.05) is 26.0 Å². The van der Waals surface area contributed by atoms with Crippen molar-refractivity contribution < 1.29 is 22.8 Å². The topological polar surface area (TPSA) is 49.4 Å². The molecular formula is C17H23F3N2O2. The Morgan fingerprint density at radius 3 is 2.38 bits per heavy atom. The summed E-state index contributed by atoms with van der Waals surface area (Å²) in [6, 6.07) is 4.76. The molecule has 4 nitrogen and oxygen atoms in total. The lowest BCUT2D eigenvalue weighted by Crippen LogP contribution is -2.38. The third kappa shape index (κ3) is 6.22. The van der Waals surface area contributed by atoms with Crippen LogP contribution in [-0.2, 0) is 15.8 Å². The fourth-order valence-electron chi connectivity index (χ4n) is 2.15. The van der Waals surface area contributed by atoms with E-state index in [9.17, 15) is 22.8 Å². The molecule has 1 aromatic carbocycles. The quantitative estimate of drug-likeness (QED) is 0.815. The van der Waals surface area contributed by atoms with Crippen molar-refractivity contribution in [2.75, 3.05) is 18.4 Å². The van der Waals surface area contributed by atoms with E-state index in [2.05, 4.69) is 5.32 Å². The van der Waals surface area contributed by atoms with Gasteiger partial charge in [-0.3, -0.25) is 9.59 Å². The Bertz CT molecular complexity index is 571. The number of para-hydroxylation sites is 1. The second-order valence-electron chi connectivity index (χ2n) is 5.93. The summed E-state index contributed by atoms with van der Waals surface area (Å²) < 4.78 is 38.7. The summed E-state index contributed by atoms with van der Waals surface area (Å²) in [5.74, 6) is -0.461. The second kappa shape index (κ2) is 8.70. The number of carbonyl (C=O) groups excluding carboxylic acids is 2. The first-order valence-corrected chi connectivity index (χ1v) is 7.89. The zero-order valence-electron chi connectivity index (χ0n) is 14.1. The van der Waals surface area contributed by atoms with Crippen LogP contribution in [0.25, 0.3) is 0 Å². The van der Waals surface area contributed by atoms with E-state index in [4.69, 9.17) is 0 Å². The van der Waals surface area contributed by atoms with Gasteiger partial charge in [0.05, 0.1) is 17.8 Å². The molecular weight excluding hydrogens is 321 g/mol. The molecule has 2 amide bonds. The SMILES string of the molecule is CCN(CC(=O)Nc1ccccc1C(F)(F)F)C(=O)CCC(C)C. The zero-order chi connectivity index (χ0) is 18.3. The second-order valence-corrected chi connectivity index (χ2v) is 5.93. The molecule has 1 N–H and O–H groups in total. The fourth-order valence-corrected chi connectivity index (χ4v) is 2.15. The molecule has 0 heterocycles. The monoisotopic (exact) mass is 344 g/mol. The van der Waals surface area contributed by atoms with Crippen LogP contribution in [-0.4, -0.2) is 29.8 Å². The number of benzene rings is 1. The molecule has 134 valence electrons. The summed E-state index contributed by atoms with van der Waals surface area (Å²) in [6.45, 7) is 5.77. The smallest absolute Gasteiger partial charge is 0.334 e. The van der Waals surface area contributed by atoms with Crippen molar-refractivity contribution >= 4 is 17.5 Å². The van der Waals surface area contributed by atoms with E-state index in [1.165, 1.54) is 23.1 Å². The van der Waals surface area contributed by atoms with Gasteiger partial charge in [0.25, 0.3) is 0 Å². The summed E-state index contributed by atoms with van der Waals surface area (Å²) in [4.78, 5) is 25.4. The maximum Gasteiger partial charge on any atom is 0.418 e. The number of alkyl halides is 3. The first-order chi connectivity index (χ1) is 11.1. The molecule has 0 aliphatic carbocycles. The summed E-state index contributed by atoms with van der Waals surface area (Å²) in [5, 5.41) is 2.25. The van der Waals surface area contributed by atoms with Gasteiger partial charge in [-0.2, -0.15) is 13.2 Å². The van der Waals surface area contributed by atoms with E-state index in [0.717, 1.165) is 6.07 Å². The van der Waals surface area contributed by atoms with Crippen LogP contribution in [0.5, 0.6) is 0 Å². The Morgan fingerprint density at radius 1 is 1.21 bits per heavy atom. The van der Waals surface area contributed by atoms with Crippen LogP contribution in [0.15, 0.2) is 24.3 Å². The predicted molar refractivity (Wildman–Crippen MR) is 86.4 cm³/mol. The van der Waals surface area contributed by atoms with Gasteiger partial charge in [0, 0.05) is 13.0 Å². The van der Waals surface area contributed by atoms with Gasteiger partial charge in [-0.05, 0) is 31.4 Å². The minimum atomic E-state index is -4.55. The van der Waals surface area contributed by atoms with Crippen molar-refractivity contribution in [1.29, 1.82) is 0 Å². The first-order valence-electron chi connectivity index (χ1n) is 7.89. The standard InChI is InChI=1S/C17H23F3N2O2/c1-4-22(16(24)10-9-12(2)3)11-15(23)21-14-8-6-5-7-13(14)17(18,19)20/h5-8,12H,4,9-11H2,1-3H3,(H,21,23). The summed E-state index contributed by atoms with van der Waals surface area (Å²) >= 11 is 0. The van der Waals surface area contributed by atoms with Gasteiger partial charge < -0.3 is 10.2 Å². The fraction of sp³-hybridized carbons (Fsp3) is 0.529. The van der Waals surface area contributed by atoms with Crippen molar-refractivity contribution in [3.05, 3.63) is 29.8 Å². The summed E-state index contributed by atoms with van der Waals surface area (Å²) in [7, 11) is 0. The van der Waals surface area contributed by atoms with Crippen LogP contribution in [0.4, 0.5) is 18.9 Å².